The second-order valence-corrected chi connectivity index (χ2v) is 10.5. The fourth-order valence-corrected chi connectivity index (χ4v) is 5.20. The van der Waals surface area contributed by atoms with Crippen LogP contribution in [0.15, 0.2) is 29.2 Å². The number of hydrogen-bond acceptors (Lipinski definition) is 6. The van der Waals surface area contributed by atoms with E-state index in [1.807, 2.05) is 27.7 Å². The van der Waals surface area contributed by atoms with Crippen LogP contribution in [0.2, 0.25) is 0 Å². The third kappa shape index (κ3) is 5.87. The normalized spacial score (nSPS) is 19.6. The molecule has 1 aromatic carbocycles. The van der Waals surface area contributed by atoms with Gasteiger partial charge in [0.05, 0.1) is 11.3 Å². The average Bonchev–Trinajstić information content (AvgIpc) is 3.46. The van der Waals surface area contributed by atoms with Crippen molar-refractivity contribution in [2.75, 3.05) is 12.4 Å². The minimum atomic E-state index is -0.648. The largest absolute Gasteiger partial charge is 0.452 e. The zero-order valence-electron chi connectivity index (χ0n) is 18.5. The molecule has 3 rings (SSSR count). The third-order valence-corrected chi connectivity index (χ3v) is 6.53. The first-order valence-electron chi connectivity index (χ1n) is 10.5. The zero-order valence-corrected chi connectivity index (χ0v) is 19.3. The van der Waals surface area contributed by atoms with Gasteiger partial charge in [0.2, 0.25) is 5.91 Å². The van der Waals surface area contributed by atoms with Crippen LogP contribution in [0.5, 0.6) is 0 Å². The molecule has 1 N–H and O–H groups in total. The molecule has 0 unspecified atom stereocenters. The number of Topliss-reactive ketones (excluding diaryl/α,β-unsaturated/α-hetero) is 1. The third-order valence-electron chi connectivity index (χ3n) is 5.45. The Bertz CT molecular complexity index is 872. The van der Waals surface area contributed by atoms with Gasteiger partial charge in [-0.2, -0.15) is 0 Å². The first-order chi connectivity index (χ1) is 14.5. The maximum Gasteiger partial charge on any atom is 0.339 e. The van der Waals surface area contributed by atoms with E-state index in [9.17, 15) is 19.2 Å². The van der Waals surface area contributed by atoms with E-state index in [1.165, 1.54) is 11.8 Å². The highest BCUT2D eigenvalue weighted by Gasteiger charge is 2.47. The Balaban J connectivity index is 1.62. The van der Waals surface area contributed by atoms with E-state index in [0.717, 1.165) is 12.8 Å². The van der Waals surface area contributed by atoms with Gasteiger partial charge in [0.25, 0.3) is 5.91 Å². The number of thioether (sulfide) groups is 1. The minimum absolute atomic E-state index is 0.0602. The number of ether oxygens (including phenoxy) is 1. The quantitative estimate of drug-likeness (QED) is 0.511. The molecule has 1 heterocycles. The molecular formula is C23H30N2O5S. The number of carbonyl (C=O) groups excluding carboxylic acids is 4. The highest BCUT2D eigenvalue weighted by atomic mass is 32.2. The zero-order chi connectivity index (χ0) is 22.8. The molecule has 0 spiro atoms. The van der Waals surface area contributed by atoms with Crippen molar-refractivity contribution in [2.45, 2.75) is 75.4 Å². The number of likely N-dealkylation sites (tertiary alicyclic amines) is 1. The second kappa shape index (κ2) is 9.02. The number of carbonyl (C=O) groups is 4. The SMILES string of the molecule is CC1(C)CC(=O)CC(C)(C)N1C(=O)COC(=O)c1ccccc1SCC(=O)NC1CC1. The highest BCUT2D eigenvalue weighted by molar-refractivity contribution is 8.00. The fraction of sp³-hybridized carbons (Fsp3) is 0.565. The average molecular weight is 447 g/mol. The molecular weight excluding hydrogens is 416 g/mol. The molecule has 2 fully saturated rings. The summed E-state index contributed by atoms with van der Waals surface area (Å²) in [6.45, 7) is 7.00. The minimum Gasteiger partial charge on any atom is -0.452 e. The van der Waals surface area contributed by atoms with Gasteiger partial charge in [-0.15, -0.1) is 11.8 Å². The van der Waals surface area contributed by atoms with Crippen molar-refractivity contribution < 1.29 is 23.9 Å². The van der Waals surface area contributed by atoms with Crippen LogP contribution in [0.4, 0.5) is 0 Å². The number of nitrogens with one attached hydrogen (secondary N) is 1. The van der Waals surface area contributed by atoms with Crippen LogP contribution in [-0.4, -0.2) is 57.9 Å². The van der Waals surface area contributed by atoms with Crippen molar-refractivity contribution in [3.63, 3.8) is 0 Å². The molecule has 0 bridgehead atoms. The van der Waals surface area contributed by atoms with Crippen molar-refractivity contribution >= 4 is 35.3 Å². The predicted octanol–water partition coefficient (Wildman–Crippen LogP) is 2.96. The van der Waals surface area contributed by atoms with Gasteiger partial charge in [0, 0.05) is 34.9 Å². The van der Waals surface area contributed by atoms with E-state index in [2.05, 4.69) is 5.32 Å². The Kier molecular flexibility index (Phi) is 6.79. The molecule has 8 heteroatoms. The first-order valence-corrected chi connectivity index (χ1v) is 11.5. The number of piperidine rings is 1. The van der Waals surface area contributed by atoms with Gasteiger partial charge >= 0.3 is 5.97 Å². The lowest BCUT2D eigenvalue weighted by molar-refractivity contribution is -0.156. The van der Waals surface area contributed by atoms with Crippen molar-refractivity contribution in [2.24, 2.45) is 0 Å². The molecule has 7 nitrogen and oxygen atoms in total. The van der Waals surface area contributed by atoms with Crippen molar-refractivity contribution in [3.8, 4) is 0 Å². The number of amides is 2. The molecule has 2 amide bonds. The molecule has 0 aromatic heterocycles. The van der Waals surface area contributed by atoms with Gasteiger partial charge in [-0.3, -0.25) is 14.4 Å². The van der Waals surface area contributed by atoms with Gasteiger partial charge in [0.15, 0.2) is 6.61 Å². The predicted molar refractivity (Wildman–Crippen MR) is 118 cm³/mol. The maximum absolute atomic E-state index is 13.0. The van der Waals surface area contributed by atoms with Gasteiger partial charge in [-0.1, -0.05) is 12.1 Å². The summed E-state index contributed by atoms with van der Waals surface area (Å²) in [4.78, 5) is 52.0. The summed E-state index contributed by atoms with van der Waals surface area (Å²) in [7, 11) is 0. The molecule has 1 saturated heterocycles. The highest BCUT2D eigenvalue weighted by Crippen LogP contribution is 2.36. The van der Waals surface area contributed by atoms with Crippen molar-refractivity contribution in [1.82, 2.24) is 10.2 Å². The molecule has 31 heavy (non-hydrogen) atoms. The molecule has 1 aliphatic heterocycles. The summed E-state index contributed by atoms with van der Waals surface area (Å²) in [5.41, 5.74) is -0.970. The molecule has 1 saturated carbocycles. The summed E-state index contributed by atoms with van der Waals surface area (Å²) in [6, 6.07) is 7.18. The Morgan fingerprint density at radius 2 is 1.71 bits per heavy atom. The molecule has 1 aromatic rings. The Hall–Kier alpha value is -2.35. The van der Waals surface area contributed by atoms with E-state index >= 15 is 0 Å². The Morgan fingerprint density at radius 1 is 1.10 bits per heavy atom. The Morgan fingerprint density at radius 3 is 2.32 bits per heavy atom. The molecule has 0 atom stereocenters. The first kappa shape index (κ1) is 23.3. The van der Waals surface area contributed by atoms with Crippen LogP contribution in [-0.2, 0) is 19.1 Å². The lowest BCUT2D eigenvalue weighted by Crippen LogP contribution is -2.63. The number of nitrogens with zero attached hydrogens (tertiary/aromatic N) is 1. The summed E-state index contributed by atoms with van der Waals surface area (Å²) >= 11 is 1.27. The lowest BCUT2D eigenvalue weighted by atomic mass is 9.79. The van der Waals surface area contributed by atoms with Gasteiger partial charge in [0.1, 0.15) is 5.78 Å². The van der Waals surface area contributed by atoms with Crippen LogP contribution >= 0.6 is 11.8 Å². The fourth-order valence-electron chi connectivity index (χ4n) is 4.35. The molecule has 0 radical (unpaired) electrons. The van der Waals surface area contributed by atoms with E-state index in [4.69, 9.17) is 4.74 Å². The van der Waals surface area contributed by atoms with Gasteiger partial charge in [-0.05, 0) is 52.7 Å². The number of esters is 1. The summed E-state index contributed by atoms with van der Waals surface area (Å²) < 4.78 is 5.35. The topological polar surface area (TPSA) is 92.8 Å². The van der Waals surface area contributed by atoms with E-state index < -0.39 is 23.7 Å². The van der Waals surface area contributed by atoms with Crippen molar-refractivity contribution in [1.29, 1.82) is 0 Å². The smallest absolute Gasteiger partial charge is 0.339 e. The summed E-state index contributed by atoms with van der Waals surface area (Å²) in [5.74, 6) is -0.667. The van der Waals surface area contributed by atoms with Crippen LogP contribution < -0.4 is 5.32 Å². The maximum atomic E-state index is 13.0. The summed E-state index contributed by atoms with van der Waals surface area (Å²) in [5, 5.41) is 2.92. The van der Waals surface area contributed by atoms with Crippen molar-refractivity contribution in [3.05, 3.63) is 29.8 Å². The van der Waals surface area contributed by atoms with E-state index in [0.29, 0.717) is 10.5 Å². The van der Waals surface area contributed by atoms with Crippen LogP contribution in [0.1, 0.15) is 63.7 Å². The van der Waals surface area contributed by atoms with Gasteiger partial charge < -0.3 is 15.0 Å². The number of rotatable bonds is 7. The van der Waals surface area contributed by atoms with Gasteiger partial charge in [-0.25, -0.2) is 4.79 Å². The molecule has 168 valence electrons. The summed E-state index contributed by atoms with van der Waals surface area (Å²) in [6.07, 6.45) is 2.59. The van der Waals surface area contributed by atoms with Crippen LogP contribution in [0.25, 0.3) is 0 Å². The Labute approximate surface area is 187 Å². The molecule has 2 aliphatic rings. The van der Waals surface area contributed by atoms with Crippen LogP contribution in [0.3, 0.4) is 0 Å². The second-order valence-electron chi connectivity index (χ2n) is 9.45. The van der Waals surface area contributed by atoms with Crippen LogP contribution in [0, 0.1) is 0 Å². The number of benzene rings is 1. The van der Waals surface area contributed by atoms with E-state index in [1.54, 1.807) is 29.2 Å². The molecule has 1 aliphatic carbocycles. The number of hydrogen-bond donors (Lipinski definition) is 1. The standard InChI is InChI=1S/C23H30N2O5S/c1-22(2)11-16(26)12-23(3,4)25(22)20(28)13-30-21(29)17-7-5-6-8-18(17)31-14-19(27)24-15-9-10-15/h5-8,15H,9-14H2,1-4H3,(H,24,27). The van der Waals surface area contributed by atoms with E-state index in [-0.39, 0.29) is 42.2 Å². The number of ketones is 1. The lowest BCUT2D eigenvalue weighted by Gasteiger charge is -2.51. The monoisotopic (exact) mass is 446 g/mol.